The molecule has 2 aromatic rings. The second-order valence-corrected chi connectivity index (χ2v) is 6.58. The molecule has 0 saturated heterocycles. The Morgan fingerprint density at radius 2 is 2.04 bits per heavy atom. The van der Waals surface area contributed by atoms with Crippen LogP contribution in [0.1, 0.15) is 38.5 Å². The number of carboxylic acid groups (broad SMARTS) is 1. The van der Waals surface area contributed by atoms with Gasteiger partial charge in [0.05, 0.1) is 5.41 Å². The molecule has 1 fully saturated rings. The summed E-state index contributed by atoms with van der Waals surface area (Å²) in [5.74, 6) is -0.566. The van der Waals surface area contributed by atoms with Crippen LogP contribution in [0.15, 0.2) is 24.3 Å². The van der Waals surface area contributed by atoms with Crippen LogP contribution in [0.3, 0.4) is 0 Å². The summed E-state index contributed by atoms with van der Waals surface area (Å²) in [4.78, 5) is 24.1. The zero-order chi connectivity index (χ0) is 17.9. The minimum Gasteiger partial charge on any atom is -0.481 e. The molecule has 1 aliphatic rings. The van der Waals surface area contributed by atoms with Gasteiger partial charge < -0.3 is 10.4 Å². The molecular formula is C17H21N5O3. The number of nitrogens with zero attached hydrogens (tertiary/aromatic N) is 4. The van der Waals surface area contributed by atoms with Gasteiger partial charge in [-0.05, 0) is 35.4 Å². The molecule has 0 spiro atoms. The molecule has 8 heteroatoms. The molecule has 0 aliphatic heterocycles. The Labute approximate surface area is 145 Å². The number of hydrogen-bond acceptors (Lipinski definition) is 5. The quantitative estimate of drug-likeness (QED) is 0.861. The molecule has 8 nitrogen and oxygen atoms in total. The topological polar surface area (TPSA) is 110 Å². The van der Waals surface area contributed by atoms with Gasteiger partial charge in [-0.3, -0.25) is 9.59 Å². The molecule has 0 bridgehead atoms. The first-order valence-electron chi connectivity index (χ1n) is 8.36. The molecule has 2 N–H and O–H groups in total. The highest BCUT2D eigenvalue weighted by Crippen LogP contribution is 2.39. The van der Waals surface area contributed by atoms with Crippen LogP contribution in [0.25, 0.3) is 11.4 Å². The summed E-state index contributed by atoms with van der Waals surface area (Å²) in [5, 5.41) is 23.8. The molecular weight excluding hydrogens is 322 g/mol. The van der Waals surface area contributed by atoms with Crippen molar-refractivity contribution in [2.45, 2.75) is 38.5 Å². The van der Waals surface area contributed by atoms with Crippen molar-refractivity contribution in [2.75, 3.05) is 5.32 Å². The van der Waals surface area contributed by atoms with Crippen molar-refractivity contribution in [3.05, 3.63) is 24.3 Å². The summed E-state index contributed by atoms with van der Waals surface area (Å²) in [5.41, 5.74) is 0.436. The Hall–Kier alpha value is -2.77. The Kier molecular flexibility index (Phi) is 4.78. The number of carbonyl (C=O) groups is 2. The Morgan fingerprint density at radius 3 is 2.68 bits per heavy atom. The Morgan fingerprint density at radius 1 is 1.28 bits per heavy atom. The standard InChI is InChI=1S/C17H21N5O3/c1-22-15(19-20-21-22)12-6-5-7-13(10-12)18-14(23)11-17(16(24)25)8-3-2-4-9-17/h5-7,10H,2-4,8-9,11H2,1H3,(H,18,23)(H,24,25). The monoisotopic (exact) mass is 343 g/mol. The third-order valence-corrected chi connectivity index (χ3v) is 4.79. The third-order valence-electron chi connectivity index (χ3n) is 4.79. The fraction of sp³-hybridized carbons (Fsp3) is 0.471. The van der Waals surface area contributed by atoms with E-state index in [0.717, 1.165) is 24.8 Å². The van der Waals surface area contributed by atoms with Gasteiger partial charge in [0.1, 0.15) is 0 Å². The van der Waals surface area contributed by atoms with Gasteiger partial charge in [-0.25, -0.2) is 4.68 Å². The Bertz CT molecular complexity index is 780. The lowest BCUT2D eigenvalue weighted by atomic mass is 9.71. The van der Waals surface area contributed by atoms with Crippen molar-refractivity contribution in [1.29, 1.82) is 0 Å². The van der Waals surface area contributed by atoms with Gasteiger partial charge >= 0.3 is 5.97 Å². The highest BCUT2D eigenvalue weighted by atomic mass is 16.4. The number of benzene rings is 1. The fourth-order valence-electron chi connectivity index (χ4n) is 3.42. The fourth-order valence-corrected chi connectivity index (χ4v) is 3.42. The third kappa shape index (κ3) is 3.67. The van der Waals surface area contributed by atoms with Crippen molar-refractivity contribution in [3.8, 4) is 11.4 Å². The van der Waals surface area contributed by atoms with E-state index in [2.05, 4.69) is 20.8 Å². The highest BCUT2D eigenvalue weighted by Gasteiger charge is 2.41. The number of tetrazole rings is 1. The first-order chi connectivity index (χ1) is 12.0. The van der Waals surface area contributed by atoms with E-state index in [-0.39, 0.29) is 12.3 Å². The molecule has 1 aliphatic carbocycles. The molecule has 1 heterocycles. The van der Waals surface area contributed by atoms with Gasteiger partial charge in [-0.15, -0.1) is 5.10 Å². The maximum absolute atomic E-state index is 12.4. The van der Waals surface area contributed by atoms with Crippen molar-refractivity contribution < 1.29 is 14.7 Å². The SMILES string of the molecule is Cn1nnnc1-c1cccc(NC(=O)CC2(C(=O)O)CCCCC2)c1. The van der Waals surface area contributed by atoms with Crippen LogP contribution in [0.5, 0.6) is 0 Å². The van der Waals surface area contributed by atoms with Crippen LogP contribution in [0, 0.1) is 5.41 Å². The molecule has 0 atom stereocenters. The van der Waals surface area contributed by atoms with Crippen molar-refractivity contribution in [1.82, 2.24) is 20.2 Å². The summed E-state index contributed by atoms with van der Waals surface area (Å²) in [7, 11) is 1.74. The predicted octanol–water partition coefficient (Wildman–Crippen LogP) is 2.24. The molecule has 25 heavy (non-hydrogen) atoms. The molecule has 3 rings (SSSR count). The zero-order valence-corrected chi connectivity index (χ0v) is 14.1. The average Bonchev–Trinajstić information content (AvgIpc) is 3.02. The lowest BCUT2D eigenvalue weighted by Gasteiger charge is -2.32. The molecule has 0 radical (unpaired) electrons. The average molecular weight is 343 g/mol. The van der Waals surface area contributed by atoms with Gasteiger partial charge in [-0.2, -0.15) is 0 Å². The first-order valence-corrected chi connectivity index (χ1v) is 8.36. The van der Waals surface area contributed by atoms with E-state index >= 15 is 0 Å². The number of carbonyl (C=O) groups excluding carboxylic acids is 1. The van der Waals surface area contributed by atoms with E-state index in [4.69, 9.17) is 0 Å². The van der Waals surface area contributed by atoms with E-state index in [1.165, 1.54) is 0 Å². The van der Waals surface area contributed by atoms with Gasteiger partial charge in [-0.1, -0.05) is 31.4 Å². The van der Waals surface area contributed by atoms with Crippen molar-refractivity contribution >= 4 is 17.6 Å². The van der Waals surface area contributed by atoms with Crippen LogP contribution < -0.4 is 5.32 Å². The van der Waals surface area contributed by atoms with E-state index < -0.39 is 11.4 Å². The van der Waals surface area contributed by atoms with Crippen LogP contribution in [-0.2, 0) is 16.6 Å². The number of amides is 1. The van der Waals surface area contributed by atoms with Gasteiger partial charge in [0.2, 0.25) is 5.91 Å². The smallest absolute Gasteiger partial charge is 0.310 e. The maximum Gasteiger partial charge on any atom is 0.310 e. The molecule has 0 unspecified atom stereocenters. The van der Waals surface area contributed by atoms with E-state index in [9.17, 15) is 14.7 Å². The number of rotatable bonds is 5. The van der Waals surface area contributed by atoms with Crippen LogP contribution in [0.4, 0.5) is 5.69 Å². The predicted molar refractivity (Wildman–Crippen MR) is 90.6 cm³/mol. The normalized spacial score (nSPS) is 16.4. The lowest BCUT2D eigenvalue weighted by molar-refractivity contribution is -0.153. The number of aromatic nitrogens is 4. The minimum atomic E-state index is -0.937. The maximum atomic E-state index is 12.4. The molecule has 1 saturated carbocycles. The number of aliphatic carboxylic acids is 1. The number of carboxylic acids is 1. The number of nitrogens with one attached hydrogen (secondary N) is 1. The Balaban J connectivity index is 1.73. The van der Waals surface area contributed by atoms with Gasteiger partial charge in [0.25, 0.3) is 0 Å². The molecule has 1 aromatic heterocycles. The van der Waals surface area contributed by atoms with Crippen LogP contribution in [0.2, 0.25) is 0 Å². The van der Waals surface area contributed by atoms with Crippen molar-refractivity contribution in [3.63, 3.8) is 0 Å². The largest absolute Gasteiger partial charge is 0.481 e. The summed E-state index contributed by atoms with van der Waals surface area (Å²) >= 11 is 0. The second kappa shape index (κ2) is 7.00. The van der Waals surface area contributed by atoms with Crippen LogP contribution >= 0.6 is 0 Å². The van der Waals surface area contributed by atoms with Crippen molar-refractivity contribution in [2.24, 2.45) is 12.5 Å². The lowest BCUT2D eigenvalue weighted by Crippen LogP contribution is -2.37. The minimum absolute atomic E-state index is 0.00191. The summed E-state index contributed by atoms with van der Waals surface area (Å²) in [6, 6.07) is 7.19. The van der Waals surface area contributed by atoms with E-state index in [0.29, 0.717) is 24.4 Å². The number of anilines is 1. The van der Waals surface area contributed by atoms with E-state index in [1.807, 2.05) is 6.07 Å². The van der Waals surface area contributed by atoms with Gasteiger partial charge in [0, 0.05) is 24.7 Å². The molecule has 132 valence electrons. The number of hydrogen-bond donors (Lipinski definition) is 2. The van der Waals surface area contributed by atoms with Gasteiger partial charge in [0.15, 0.2) is 5.82 Å². The molecule has 1 aromatic carbocycles. The highest BCUT2D eigenvalue weighted by molar-refractivity contribution is 5.94. The summed E-state index contributed by atoms with van der Waals surface area (Å²) < 4.78 is 1.54. The summed E-state index contributed by atoms with van der Waals surface area (Å²) in [6.45, 7) is 0. The molecule has 1 amide bonds. The second-order valence-electron chi connectivity index (χ2n) is 6.58. The zero-order valence-electron chi connectivity index (χ0n) is 14.1. The van der Waals surface area contributed by atoms with E-state index in [1.54, 1.807) is 29.9 Å². The number of aryl methyl sites for hydroxylation is 1. The summed E-state index contributed by atoms with van der Waals surface area (Å²) in [6.07, 6.45) is 3.85. The first kappa shape index (κ1) is 17.1. The van der Waals surface area contributed by atoms with Crippen LogP contribution in [-0.4, -0.2) is 37.2 Å².